The second kappa shape index (κ2) is 5.84. The molecule has 9 heteroatoms. The first-order chi connectivity index (χ1) is 11.4. The Morgan fingerprint density at radius 2 is 1.96 bits per heavy atom. The molecule has 2 aromatic heterocycles. The summed E-state index contributed by atoms with van der Waals surface area (Å²) >= 11 is 0. The standard InChI is InChI=1S/C15H11F3N4O2/c1-24-8-2-3-12(23)9(6-8)13-20-14(22-21-13)10-7-19-5-4-11(10)15(16,17)18/h2-7,23H,1H3,(H,20,21,22). The van der Waals surface area contributed by atoms with Crippen LogP contribution in [0.5, 0.6) is 11.5 Å². The number of rotatable bonds is 3. The van der Waals surface area contributed by atoms with Gasteiger partial charge in [-0.15, -0.1) is 0 Å². The van der Waals surface area contributed by atoms with Crippen molar-refractivity contribution in [1.29, 1.82) is 0 Å². The fourth-order valence-electron chi connectivity index (χ4n) is 2.15. The van der Waals surface area contributed by atoms with Crippen LogP contribution in [0.25, 0.3) is 22.8 Å². The number of halogens is 3. The van der Waals surface area contributed by atoms with Crippen molar-refractivity contribution in [2.45, 2.75) is 6.18 Å². The second-order valence-corrected chi connectivity index (χ2v) is 4.81. The molecule has 0 spiro atoms. The molecule has 0 radical (unpaired) electrons. The van der Waals surface area contributed by atoms with E-state index in [0.717, 1.165) is 18.5 Å². The van der Waals surface area contributed by atoms with Crippen molar-refractivity contribution >= 4 is 0 Å². The zero-order valence-electron chi connectivity index (χ0n) is 12.3. The highest BCUT2D eigenvalue weighted by Gasteiger charge is 2.34. The number of H-pyrrole nitrogens is 1. The second-order valence-electron chi connectivity index (χ2n) is 4.81. The molecule has 2 heterocycles. The van der Waals surface area contributed by atoms with E-state index < -0.39 is 11.7 Å². The summed E-state index contributed by atoms with van der Waals surface area (Å²) in [6.07, 6.45) is -2.47. The van der Waals surface area contributed by atoms with Crippen LogP contribution in [-0.2, 0) is 6.18 Å². The molecule has 0 amide bonds. The van der Waals surface area contributed by atoms with Gasteiger partial charge in [0.25, 0.3) is 0 Å². The number of nitrogens with zero attached hydrogens (tertiary/aromatic N) is 3. The smallest absolute Gasteiger partial charge is 0.417 e. The molecule has 0 bridgehead atoms. The average Bonchev–Trinajstić information content (AvgIpc) is 3.04. The Bertz CT molecular complexity index is 877. The van der Waals surface area contributed by atoms with Crippen molar-refractivity contribution in [3.8, 4) is 34.3 Å². The fourth-order valence-corrected chi connectivity index (χ4v) is 2.15. The molecule has 3 aromatic rings. The molecule has 0 saturated carbocycles. The first-order valence-electron chi connectivity index (χ1n) is 6.71. The number of hydrogen-bond donors (Lipinski definition) is 2. The molecule has 0 saturated heterocycles. The SMILES string of the molecule is COc1ccc(O)c(-c2nc(-c3cnccc3C(F)(F)F)n[nH]2)c1. The van der Waals surface area contributed by atoms with Crippen LogP contribution in [-0.4, -0.2) is 32.4 Å². The van der Waals surface area contributed by atoms with Crippen LogP contribution >= 0.6 is 0 Å². The Kier molecular flexibility index (Phi) is 3.84. The molecule has 3 rings (SSSR count). The third-order valence-electron chi connectivity index (χ3n) is 3.31. The number of aromatic amines is 1. The van der Waals surface area contributed by atoms with Crippen LogP contribution in [0.4, 0.5) is 13.2 Å². The number of phenols is 1. The highest BCUT2D eigenvalue weighted by Crippen LogP contribution is 2.36. The zero-order chi connectivity index (χ0) is 17.3. The Morgan fingerprint density at radius 1 is 1.17 bits per heavy atom. The monoisotopic (exact) mass is 336 g/mol. The number of aromatic hydroxyl groups is 1. The zero-order valence-corrected chi connectivity index (χ0v) is 12.3. The van der Waals surface area contributed by atoms with Crippen molar-refractivity contribution in [1.82, 2.24) is 20.2 Å². The van der Waals surface area contributed by atoms with Gasteiger partial charge in [0.1, 0.15) is 11.5 Å². The predicted molar refractivity (Wildman–Crippen MR) is 78.3 cm³/mol. The van der Waals surface area contributed by atoms with Crippen LogP contribution in [0.3, 0.4) is 0 Å². The van der Waals surface area contributed by atoms with Crippen LogP contribution in [0.2, 0.25) is 0 Å². The van der Waals surface area contributed by atoms with Crippen molar-refractivity contribution in [2.75, 3.05) is 7.11 Å². The molecule has 1 aromatic carbocycles. The Balaban J connectivity index is 2.07. The number of aromatic nitrogens is 4. The van der Waals surface area contributed by atoms with Gasteiger partial charge in [-0.3, -0.25) is 10.1 Å². The minimum atomic E-state index is -4.56. The van der Waals surface area contributed by atoms with E-state index in [1.807, 2.05) is 0 Å². The van der Waals surface area contributed by atoms with Gasteiger partial charge in [-0.1, -0.05) is 0 Å². The number of ether oxygens (including phenoxy) is 1. The van der Waals surface area contributed by atoms with E-state index in [1.54, 1.807) is 6.07 Å². The number of alkyl halides is 3. The number of benzene rings is 1. The van der Waals surface area contributed by atoms with Gasteiger partial charge >= 0.3 is 6.18 Å². The summed E-state index contributed by atoms with van der Waals surface area (Å²) in [5.41, 5.74) is -0.890. The topological polar surface area (TPSA) is 83.9 Å². The van der Waals surface area contributed by atoms with E-state index in [0.29, 0.717) is 5.75 Å². The number of methoxy groups -OCH3 is 1. The van der Waals surface area contributed by atoms with E-state index >= 15 is 0 Å². The van der Waals surface area contributed by atoms with Gasteiger partial charge in [0, 0.05) is 12.4 Å². The van der Waals surface area contributed by atoms with Crippen LogP contribution in [0.1, 0.15) is 5.56 Å². The van der Waals surface area contributed by atoms with E-state index in [1.165, 1.54) is 19.2 Å². The fraction of sp³-hybridized carbons (Fsp3) is 0.133. The molecule has 0 aliphatic heterocycles. The average molecular weight is 336 g/mol. The first kappa shape index (κ1) is 15.8. The summed E-state index contributed by atoms with van der Waals surface area (Å²) in [6.45, 7) is 0. The van der Waals surface area contributed by atoms with E-state index in [-0.39, 0.29) is 28.5 Å². The first-order valence-corrected chi connectivity index (χ1v) is 6.71. The number of phenolic OH excluding ortho intramolecular Hbond substituents is 1. The Hall–Kier alpha value is -3.10. The summed E-state index contributed by atoms with van der Waals surface area (Å²) in [6, 6.07) is 5.28. The third kappa shape index (κ3) is 2.87. The van der Waals surface area contributed by atoms with E-state index in [9.17, 15) is 18.3 Å². The summed E-state index contributed by atoms with van der Waals surface area (Å²) in [5.74, 6) is 0.282. The van der Waals surface area contributed by atoms with Crippen molar-refractivity contribution in [2.24, 2.45) is 0 Å². The van der Waals surface area contributed by atoms with Gasteiger partial charge in [0.2, 0.25) is 0 Å². The Labute approximate surface area is 134 Å². The number of nitrogens with one attached hydrogen (secondary N) is 1. The maximum absolute atomic E-state index is 13.1. The lowest BCUT2D eigenvalue weighted by Crippen LogP contribution is -2.07. The van der Waals surface area contributed by atoms with Crippen molar-refractivity contribution in [3.63, 3.8) is 0 Å². The summed E-state index contributed by atoms with van der Waals surface area (Å²) in [5, 5.41) is 16.2. The molecule has 0 aliphatic rings. The number of pyridine rings is 1. The number of hydrogen-bond acceptors (Lipinski definition) is 5. The summed E-state index contributed by atoms with van der Waals surface area (Å²) < 4.78 is 44.3. The quantitative estimate of drug-likeness (QED) is 0.767. The van der Waals surface area contributed by atoms with Crippen molar-refractivity contribution in [3.05, 3.63) is 42.2 Å². The molecule has 2 N–H and O–H groups in total. The van der Waals surface area contributed by atoms with E-state index in [4.69, 9.17) is 4.74 Å². The van der Waals surface area contributed by atoms with Gasteiger partial charge in [-0.2, -0.15) is 18.3 Å². The van der Waals surface area contributed by atoms with Crippen molar-refractivity contribution < 1.29 is 23.0 Å². The molecular formula is C15H11F3N4O2. The van der Waals surface area contributed by atoms with Gasteiger partial charge in [0.05, 0.1) is 23.8 Å². The van der Waals surface area contributed by atoms with Gasteiger partial charge in [0.15, 0.2) is 11.6 Å². The minimum absolute atomic E-state index is 0.110. The van der Waals surface area contributed by atoms with Gasteiger partial charge in [-0.05, 0) is 24.3 Å². The molecule has 24 heavy (non-hydrogen) atoms. The molecule has 0 atom stereocenters. The van der Waals surface area contributed by atoms with Gasteiger partial charge < -0.3 is 9.84 Å². The maximum Gasteiger partial charge on any atom is 0.417 e. The predicted octanol–water partition coefficient (Wildman–Crippen LogP) is 3.27. The molecular weight excluding hydrogens is 325 g/mol. The van der Waals surface area contributed by atoms with Crippen LogP contribution in [0.15, 0.2) is 36.7 Å². The lowest BCUT2D eigenvalue weighted by Gasteiger charge is -2.09. The highest BCUT2D eigenvalue weighted by molar-refractivity contribution is 5.68. The van der Waals surface area contributed by atoms with E-state index in [2.05, 4.69) is 20.2 Å². The molecule has 0 aliphatic carbocycles. The molecule has 124 valence electrons. The van der Waals surface area contributed by atoms with Crippen LogP contribution < -0.4 is 4.74 Å². The molecule has 0 unspecified atom stereocenters. The molecule has 6 nitrogen and oxygen atoms in total. The third-order valence-corrected chi connectivity index (χ3v) is 3.31. The lowest BCUT2D eigenvalue weighted by molar-refractivity contribution is -0.137. The van der Waals surface area contributed by atoms with Gasteiger partial charge in [-0.25, -0.2) is 4.98 Å². The minimum Gasteiger partial charge on any atom is -0.507 e. The Morgan fingerprint density at radius 3 is 2.67 bits per heavy atom. The van der Waals surface area contributed by atoms with Crippen LogP contribution in [0, 0.1) is 0 Å². The molecule has 0 fully saturated rings. The maximum atomic E-state index is 13.1. The lowest BCUT2D eigenvalue weighted by atomic mass is 10.1. The summed E-state index contributed by atoms with van der Waals surface area (Å²) in [4.78, 5) is 7.74. The largest absolute Gasteiger partial charge is 0.507 e. The highest BCUT2D eigenvalue weighted by atomic mass is 19.4. The normalized spacial score (nSPS) is 11.5. The summed E-state index contributed by atoms with van der Waals surface area (Å²) in [7, 11) is 1.45.